The van der Waals surface area contributed by atoms with Gasteiger partial charge < -0.3 is 0 Å². The van der Waals surface area contributed by atoms with Gasteiger partial charge >= 0.3 is 0 Å². The van der Waals surface area contributed by atoms with Gasteiger partial charge in [-0.15, -0.1) is 0 Å². The van der Waals surface area contributed by atoms with Gasteiger partial charge in [-0.05, 0) is 41.3 Å². The maximum atomic E-state index is 13.0. The van der Waals surface area contributed by atoms with Crippen LogP contribution < -0.4 is 5.32 Å². The molecule has 5 heteroatoms. The second kappa shape index (κ2) is 5.52. The van der Waals surface area contributed by atoms with E-state index in [9.17, 15) is 4.39 Å². The van der Waals surface area contributed by atoms with Crippen molar-refractivity contribution in [3.05, 3.63) is 42.2 Å². The summed E-state index contributed by atoms with van der Waals surface area (Å²) in [5, 5.41) is 13.3. The van der Waals surface area contributed by atoms with Crippen molar-refractivity contribution in [2.24, 2.45) is 4.99 Å². The summed E-state index contributed by atoms with van der Waals surface area (Å²) in [6, 6.07) is 10.0. The summed E-state index contributed by atoms with van der Waals surface area (Å²) in [5.41, 5.74) is 0.723. The Morgan fingerprint density at radius 1 is 1.28 bits per heavy atom. The largest absolute Gasteiger partial charge is 0.271 e. The highest BCUT2D eigenvalue weighted by Gasteiger charge is 1.99. The third-order valence-electron chi connectivity index (χ3n) is 2.37. The molecule has 0 unspecified atom stereocenters. The average molecular weight is 259 g/mol. The monoisotopic (exact) mass is 259 g/mol. The van der Waals surface area contributed by atoms with E-state index < -0.39 is 0 Å². The van der Waals surface area contributed by atoms with Crippen LogP contribution in [0.2, 0.25) is 0 Å². The van der Waals surface area contributed by atoms with Crippen molar-refractivity contribution in [3.63, 3.8) is 0 Å². The first kappa shape index (κ1) is 12.4. The molecule has 1 N–H and O–H groups in total. The number of nitriles is 1. The zero-order valence-electron chi connectivity index (χ0n) is 9.64. The SMILES string of the molecule is CSC(=Nc1ccc2cc(F)ccc2c1)NC#N. The predicted molar refractivity (Wildman–Crippen MR) is 73.3 cm³/mol. The molecule has 0 radical (unpaired) electrons. The number of fused-ring (bicyclic) bond motifs is 1. The Morgan fingerprint density at radius 3 is 2.72 bits per heavy atom. The van der Waals surface area contributed by atoms with Crippen molar-refractivity contribution in [1.82, 2.24) is 5.32 Å². The minimum atomic E-state index is -0.255. The highest BCUT2D eigenvalue weighted by atomic mass is 32.2. The Bertz CT molecular complexity index is 646. The molecule has 18 heavy (non-hydrogen) atoms. The second-order valence-electron chi connectivity index (χ2n) is 3.53. The molecule has 0 aliphatic carbocycles. The van der Waals surface area contributed by atoms with Crippen LogP contribution in [0.15, 0.2) is 41.4 Å². The molecule has 0 atom stereocenters. The summed E-state index contributed by atoms with van der Waals surface area (Å²) in [4.78, 5) is 4.29. The van der Waals surface area contributed by atoms with Gasteiger partial charge in [0.1, 0.15) is 5.82 Å². The molecular weight excluding hydrogens is 249 g/mol. The van der Waals surface area contributed by atoms with Crippen LogP contribution in [-0.4, -0.2) is 11.4 Å². The highest BCUT2D eigenvalue weighted by molar-refractivity contribution is 8.13. The first-order valence-corrected chi connectivity index (χ1v) is 6.42. The molecule has 0 aliphatic heterocycles. The fraction of sp³-hybridized carbons (Fsp3) is 0.0769. The third-order valence-corrected chi connectivity index (χ3v) is 2.95. The molecule has 90 valence electrons. The van der Waals surface area contributed by atoms with Gasteiger partial charge in [-0.2, -0.15) is 5.26 Å². The second-order valence-corrected chi connectivity index (χ2v) is 4.33. The minimum Gasteiger partial charge on any atom is -0.271 e. The lowest BCUT2D eigenvalue weighted by Gasteiger charge is -2.02. The molecule has 2 aromatic rings. The molecular formula is C13H10FN3S. The molecule has 0 spiro atoms. The van der Waals surface area contributed by atoms with Gasteiger partial charge in [0.2, 0.25) is 0 Å². The number of nitrogens with zero attached hydrogens (tertiary/aromatic N) is 2. The predicted octanol–water partition coefficient (Wildman–Crippen LogP) is 3.40. The Kier molecular flexibility index (Phi) is 3.80. The first-order valence-electron chi connectivity index (χ1n) is 5.20. The summed E-state index contributed by atoms with van der Waals surface area (Å²) in [7, 11) is 0. The van der Waals surface area contributed by atoms with Crippen molar-refractivity contribution in [2.75, 3.05) is 6.26 Å². The minimum absolute atomic E-state index is 0.255. The molecule has 0 saturated heterocycles. The normalized spacial score (nSPS) is 11.3. The number of nitrogens with one attached hydrogen (secondary N) is 1. The highest BCUT2D eigenvalue weighted by Crippen LogP contribution is 2.22. The maximum Gasteiger partial charge on any atom is 0.183 e. The van der Waals surface area contributed by atoms with Crippen LogP contribution in [0.5, 0.6) is 0 Å². The zero-order valence-corrected chi connectivity index (χ0v) is 10.5. The van der Waals surface area contributed by atoms with E-state index in [-0.39, 0.29) is 5.82 Å². The lowest BCUT2D eigenvalue weighted by molar-refractivity contribution is 0.630. The van der Waals surface area contributed by atoms with E-state index >= 15 is 0 Å². The van der Waals surface area contributed by atoms with Crippen LogP contribution in [0, 0.1) is 17.3 Å². The summed E-state index contributed by atoms with van der Waals surface area (Å²) in [6.45, 7) is 0. The van der Waals surface area contributed by atoms with Crippen molar-refractivity contribution < 1.29 is 4.39 Å². The summed E-state index contributed by atoms with van der Waals surface area (Å²) < 4.78 is 13.0. The smallest absolute Gasteiger partial charge is 0.183 e. The first-order chi connectivity index (χ1) is 8.72. The summed E-state index contributed by atoms with van der Waals surface area (Å²) in [5.74, 6) is -0.255. The van der Waals surface area contributed by atoms with Crippen LogP contribution in [0.1, 0.15) is 0 Å². The van der Waals surface area contributed by atoms with Gasteiger partial charge in [-0.1, -0.05) is 23.9 Å². The number of hydrogen-bond acceptors (Lipinski definition) is 3. The fourth-order valence-corrected chi connectivity index (χ4v) is 1.91. The van der Waals surface area contributed by atoms with Crippen LogP contribution in [0.3, 0.4) is 0 Å². The molecule has 0 bridgehead atoms. The Morgan fingerprint density at radius 2 is 2.00 bits per heavy atom. The van der Waals surface area contributed by atoms with Crippen molar-refractivity contribution >= 4 is 33.4 Å². The molecule has 3 nitrogen and oxygen atoms in total. The Hall–Kier alpha value is -2.06. The Labute approximate surface area is 108 Å². The average Bonchev–Trinajstić information content (AvgIpc) is 2.38. The quantitative estimate of drug-likeness (QED) is 0.369. The van der Waals surface area contributed by atoms with E-state index in [1.807, 2.05) is 24.6 Å². The van der Waals surface area contributed by atoms with Crippen LogP contribution >= 0.6 is 11.8 Å². The number of benzene rings is 2. The van der Waals surface area contributed by atoms with E-state index in [0.717, 1.165) is 16.5 Å². The van der Waals surface area contributed by atoms with E-state index in [1.165, 1.54) is 23.9 Å². The zero-order chi connectivity index (χ0) is 13.0. The van der Waals surface area contributed by atoms with E-state index in [4.69, 9.17) is 5.26 Å². The molecule has 0 aromatic heterocycles. The van der Waals surface area contributed by atoms with E-state index in [0.29, 0.717) is 5.17 Å². The third kappa shape index (κ3) is 2.79. The summed E-state index contributed by atoms with van der Waals surface area (Å²) in [6.07, 6.45) is 3.67. The van der Waals surface area contributed by atoms with Gasteiger partial charge in [-0.3, -0.25) is 5.32 Å². The molecule has 0 heterocycles. The number of halogens is 1. The van der Waals surface area contributed by atoms with Gasteiger partial charge in [-0.25, -0.2) is 9.38 Å². The lowest BCUT2D eigenvalue weighted by Crippen LogP contribution is -2.12. The molecule has 0 saturated carbocycles. The standard InChI is InChI=1S/C13H10FN3S/c1-18-13(16-8-15)17-12-5-3-9-6-11(14)4-2-10(9)7-12/h2-7H,1H3,(H,16,17). The van der Waals surface area contributed by atoms with Gasteiger partial charge in [0, 0.05) is 0 Å². The van der Waals surface area contributed by atoms with Crippen molar-refractivity contribution in [3.8, 4) is 6.19 Å². The van der Waals surface area contributed by atoms with Gasteiger partial charge in [0.05, 0.1) is 5.69 Å². The molecule has 0 fully saturated rings. The van der Waals surface area contributed by atoms with Crippen LogP contribution in [-0.2, 0) is 0 Å². The van der Waals surface area contributed by atoms with E-state index in [1.54, 1.807) is 12.1 Å². The van der Waals surface area contributed by atoms with Gasteiger partial charge in [0.15, 0.2) is 11.4 Å². The van der Waals surface area contributed by atoms with E-state index in [2.05, 4.69) is 10.3 Å². The lowest BCUT2D eigenvalue weighted by atomic mass is 10.1. The number of aliphatic imine (C=N–C) groups is 1. The molecule has 2 rings (SSSR count). The van der Waals surface area contributed by atoms with Gasteiger partial charge in [0.25, 0.3) is 0 Å². The maximum absolute atomic E-state index is 13.0. The summed E-state index contributed by atoms with van der Waals surface area (Å²) >= 11 is 1.35. The van der Waals surface area contributed by atoms with Crippen LogP contribution in [0.4, 0.5) is 10.1 Å². The number of amidine groups is 1. The molecule has 0 amide bonds. The molecule has 0 aliphatic rings. The van der Waals surface area contributed by atoms with Crippen molar-refractivity contribution in [2.45, 2.75) is 0 Å². The number of rotatable bonds is 1. The van der Waals surface area contributed by atoms with Crippen LogP contribution in [0.25, 0.3) is 10.8 Å². The number of hydrogen-bond donors (Lipinski definition) is 1. The fourth-order valence-electron chi connectivity index (χ4n) is 1.56. The Balaban J connectivity index is 2.41. The van der Waals surface area contributed by atoms with Crippen molar-refractivity contribution in [1.29, 1.82) is 5.26 Å². The number of thioether (sulfide) groups is 1. The molecule has 2 aromatic carbocycles. The topological polar surface area (TPSA) is 48.2 Å².